The molecule has 1 aliphatic rings. The Balaban J connectivity index is 1.83. The second kappa shape index (κ2) is 6.74. The van der Waals surface area contributed by atoms with Crippen molar-refractivity contribution in [3.63, 3.8) is 0 Å². The molecule has 0 radical (unpaired) electrons. The van der Waals surface area contributed by atoms with Crippen LogP contribution in [-0.2, 0) is 13.2 Å². The van der Waals surface area contributed by atoms with Gasteiger partial charge in [0.2, 0.25) is 0 Å². The lowest BCUT2D eigenvalue weighted by atomic mass is 10.1. The quantitative estimate of drug-likeness (QED) is 0.738. The minimum atomic E-state index is 0.126. The molecule has 94 valence electrons. The lowest BCUT2D eigenvalue weighted by molar-refractivity contribution is 0.281. The summed E-state index contributed by atoms with van der Waals surface area (Å²) in [4.78, 5) is 0. The predicted molar refractivity (Wildman–Crippen MR) is 69.7 cm³/mol. The van der Waals surface area contributed by atoms with Gasteiger partial charge >= 0.3 is 0 Å². The van der Waals surface area contributed by atoms with Crippen molar-refractivity contribution in [2.45, 2.75) is 38.5 Å². The van der Waals surface area contributed by atoms with Crippen LogP contribution in [0.15, 0.2) is 24.3 Å². The highest BCUT2D eigenvalue weighted by Crippen LogP contribution is 2.08. The molecule has 0 aromatic heterocycles. The fraction of sp³-hybridized carbons (Fsp3) is 0.571. The fourth-order valence-corrected chi connectivity index (χ4v) is 2.32. The van der Waals surface area contributed by atoms with Gasteiger partial charge in [-0.1, -0.05) is 24.3 Å². The molecule has 1 saturated heterocycles. The molecule has 3 N–H and O–H groups in total. The van der Waals surface area contributed by atoms with Gasteiger partial charge < -0.3 is 15.7 Å². The van der Waals surface area contributed by atoms with E-state index in [2.05, 4.69) is 22.8 Å². The predicted octanol–water partition coefficient (Wildman–Crippen LogP) is 1.41. The van der Waals surface area contributed by atoms with Crippen molar-refractivity contribution in [2.24, 2.45) is 0 Å². The highest BCUT2D eigenvalue weighted by atomic mass is 16.3. The van der Waals surface area contributed by atoms with Gasteiger partial charge in [-0.3, -0.25) is 0 Å². The van der Waals surface area contributed by atoms with Gasteiger partial charge in [0.15, 0.2) is 0 Å². The van der Waals surface area contributed by atoms with E-state index in [-0.39, 0.29) is 6.61 Å². The molecule has 1 unspecified atom stereocenters. The Morgan fingerprint density at radius 2 is 2.12 bits per heavy atom. The van der Waals surface area contributed by atoms with Gasteiger partial charge in [-0.15, -0.1) is 0 Å². The van der Waals surface area contributed by atoms with Crippen LogP contribution in [0.2, 0.25) is 0 Å². The summed E-state index contributed by atoms with van der Waals surface area (Å²) in [6, 6.07) is 8.78. The number of hydrogen-bond donors (Lipinski definition) is 3. The van der Waals surface area contributed by atoms with Crippen molar-refractivity contribution in [3.05, 3.63) is 35.4 Å². The molecular formula is C14H22N2O. The third-order valence-electron chi connectivity index (χ3n) is 3.34. The van der Waals surface area contributed by atoms with Crippen LogP contribution in [0.3, 0.4) is 0 Å². The van der Waals surface area contributed by atoms with E-state index >= 15 is 0 Å². The molecule has 0 bridgehead atoms. The summed E-state index contributed by atoms with van der Waals surface area (Å²) in [7, 11) is 0. The summed E-state index contributed by atoms with van der Waals surface area (Å²) in [6.07, 6.45) is 3.72. The van der Waals surface area contributed by atoms with E-state index < -0.39 is 0 Å². The molecular weight excluding hydrogens is 212 g/mol. The Bertz CT molecular complexity index is 333. The van der Waals surface area contributed by atoms with Crippen molar-refractivity contribution < 1.29 is 5.11 Å². The molecule has 1 aromatic rings. The highest BCUT2D eigenvalue weighted by Gasteiger charge is 2.10. The van der Waals surface area contributed by atoms with Crippen molar-refractivity contribution in [1.29, 1.82) is 0 Å². The first-order valence-electron chi connectivity index (χ1n) is 6.51. The molecule has 1 atom stereocenters. The first kappa shape index (κ1) is 12.6. The average Bonchev–Trinajstić information content (AvgIpc) is 2.65. The molecule has 0 amide bonds. The average molecular weight is 234 g/mol. The number of aliphatic hydroxyl groups excluding tert-OH is 1. The van der Waals surface area contributed by atoms with E-state index in [1.165, 1.54) is 24.8 Å². The topological polar surface area (TPSA) is 44.3 Å². The zero-order chi connectivity index (χ0) is 11.9. The minimum Gasteiger partial charge on any atom is -0.392 e. The van der Waals surface area contributed by atoms with E-state index in [9.17, 15) is 0 Å². The maximum absolute atomic E-state index is 9.09. The Labute approximate surface area is 103 Å². The lowest BCUT2D eigenvalue weighted by Crippen LogP contribution is -2.29. The van der Waals surface area contributed by atoms with Gasteiger partial charge in [-0.2, -0.15) is 0 Å². The molecule has 0 saturated carbocycles. The van der Waals surface area contributed by atoms with Crippen LogP contribution in [0, 0.1) is 0 Å². The van der Waals surface area contributed by atoms with Gasteiger partial charge in [0.05, 0.1) is 6.61 Å². The Kier molecular flexibility index (Phi) is 4.98. The molecule has 1 aliphatic heterocycles. The molecule has 2 rings (SSSR count). The SMILES string of the molecule is OCc1cccc(CNC2CCCNCC2)c1. The van der Waals surface area contributed by atoms with E-state index in [4.69, 9.17) is 5.11 Å². The highest BCUT2D eigenvalue weighted by molar-refractivity contribution is 5.22. The standard InChI is InChI=1S/C14H22N2O/c17-11-13-4-1-3-12(9-13)10-16-14-5-2-7-15-8-6-14/h1,3-4,9,14-17H,2,5-8,10-11H2. The third kappa shape index (κ3) is 4.11. The first-order chi connectivity index (χ1) is 8.38. The maximum Gasteiger partial charge on any atom is 0.0681 e. The fourth-order valence-electron chi connectivity index (χ4n) is 2.32. The van der Waals surface area contributed by atoms with Gasteiger partial charge in [0, 0.05) is 12.6 Å². The van der Waals surface area contributed by atoms with E-state index in [1.807, 2.05) is 12.1 Å². The van der Waals surface area contributed by atoms with Crippen LogP contribution in [0.4, 0.5) is 0 Å². The number of rotatable bonds is 4. The number of hydrogen-bond acceptors (Lipinski definition) is 3. The maximum atomic E-state index is 9.09. The molecule has 3 nitrogen and oxygen atoms in total. The van der Waals surface area contributed by atoms with Gasteiger partial charge in [-0.05, 0) is 43.5 Å². The Morgan fingerprint density at radius 1 is 1.24 bits per heavy atom. The van der Waals surface area contributed by atoms with Crippen molar-refractivity contribution in [1.82, 2.24) is 10.6 Å². The first-order valence-corrected chi connectivity index (χ1v) is 6.51. The van der Waals surface area contributed by atoms with Crippen LogP contribution in [0.1, 0.15) is 30.4 Å². The van der Waals surface area contributed by atoms with Gasteiger partial charge in [0.25, 0.3) is 0 Å². The summed E-state index contributed by atoms with van der Waals surface area (Å²) in [6.45, 7) is 3.30. The van der Waals surface area contributed by atoms with Crippen LogP contribution in [-0.4, -0.2) is 24.2 Å². The summed E-state index contributed by atoms with van der Waals surface area (Å²) in [5.74, 6) is 0. The molecule has 17 heavy (non-hydrogen) atoms. The summed E-state index contributed by atoms with van der Waals surface area (Å²) in [5, 5.41) is 16.1. The molecule has 0 spiro atoms. The molecule has 0 aliphatic carbocycles. The normalized spacial score (nSPS) is 21.1. The lowest BCUT2D eigenvalue weighted by Gasteiger charge is -2.16. The van der Waals surface area contributed by atoms with E-state index in [1.54, 1.807) is 0 Å². The second-order valence-corrected chi connectivity index (χ2v) is 4.74. The van der Waals surface area contributed by atoms with Gasteiger partial charge in [0.1, 0.15) is 0 Å². The monoisotopic (exact) mass is 234 g/mol. The van der Waals surface area contributed by atoms with Crippen molar-refractivity contribution in [3.8, 4) is 0 Å². The number of nitrogens with one attached hydrogen (secondary N) is 2. The third-order valence-corrected chi connectivity index (χ3v) is 3.34. The smallest absolute Gasteiger partial charge is 0.0681 e. The zero-order valence-corrected chi connectivity index (χ0v) is 10.3. The largest absolute Gasteiger partial charge is 0.392 e. The number of benzene rings is 1. The second-order valence-electron chi connectivity index (χ2n) is 4.74. The summed E-state index contributed by atoms with van der Waals surface area (Å²) in [5.41, 5.74) is 2.25. The van der Waals surface area contributed by atoms with Crippen LogP contribution >= 0.6 is 0 Å². The zero-order valence-electron chi connectivity index (χ0n) is 10.3. The summed E-state index contributed by atoms with van der Waals surface area (Å²) >= 11 is 0. The molecule has 1 fully saturated rings. The Hall–Kier alpha value is -0.900. The molecule has 1 heterocycles. The van der Waals surface area contributed by atoms with Crippen LogP contribution in [0.5, 0.6) is 0 Å². The van der Waals surface area contributed by atoms with Crippen LogP contribution < -0.4 is 10.6 Å². The van der Waals surface area contributed by atoms with Crippen molar-refractivity contribution >= 4 is 0 Å². The van der Waals surface area contributed by atoms with E-state index in [0.29, 0.717) is 6.04 Å². The Morgan fingerprint density at radius 3 is 3.00 bits per heavy atom. The molecule has 3 heteroatoms. The minimum absolute atomic E-state index is 0.126. The molecule has 1 aromatic carbocycles. The number of aliphatic hydroxyl groups is 1. The summed E-state index contributed by atoms with van der Waals surface area (Å²) < 4.78 is 0. The van der Waals surface area contributed by atoms with Gasteiger partial charge in [-0.25, -0.2) is 0 Å². The van der Waals surface area contributed by atoms with E-state index in [0.717, 1.165) is 25.2 Å². The van der Waals surface area contributed by atoms with Crippen LogP contribution in [0.25, 0.3) is 0 Å². The van der Waals surface area contributed by atoms with Crippen molar-refractivity contribution in [2.75, 3.05) is 13.1 Å².